The Kier molecular flexibility index (Phi) is 8.29. The van der Waals surface area contributed by atoms with E-state index in [1.54, 1.807) is 13.2 Å². The smallest absolute Gasteiger partial charge is 0.257 e. The summed E-state index contributed by atoms with van der Waals surface area (Å²) in [6.45, 7) is 8.44. The van der Waals surface area contributed by atoms with E-state index in [1.165, 1.54) is 19.3 Å². The molecule has 0 saturated carbocycles. The predicted molar refractivity (Wildman–Crippen MR) is 124 cm³/mol. The standard InChI is InChI=1S/C25H35N3O3/c1-4-21-24(25(30)26-13-12-20-10-6-7-11-23(20)31-3)22(29)18-19(2)28(21)17-16-27-14-8-5-9-15-27/h6-7,10-11,18H,4-5,8-9,12-17H2,1-3H3,(H,26,30). The molecule has 1 aliphatic heterocycles. The number of pyridine rings is 1. The SMILES string of the molecule is CCc1c(C(=O)NCCc2ccccc2OC)c(=O)cc(C)n1CCN1CCCCC1. The van der Waals surface area contributed by atoms with Crippen LogP contribution in [0, 0.1) is 6.92 Å². The van der Waals surface area contributed by atoms with Crippen LogP contribution >= 0.6 is 0 Å². The maximum Gasteiger partial charge on any atom is 0.257 e. The van der Waals surface area contributed by atoms with Crippen molar-refractivity contribution in [1.82, 2.24) is 14.8 Å². The number of methoxy groups -OCH3 is 1. The lowest BCUT2D eigenvalue weighted by Crippen LogP contribution is -2.36. The van der Waals surface area contributed by atoms with Gasteiger partial charge in [-0.15, -0.1) is 0 Å². The first kappa shape index (κ1) is 23.1. The van der Waals surface area contributed by atoms with Crippen LogP contribution in [-0.2, 0) is 19.4 Å². The highest BCUT2D eigenvalue weighted by Crippen LogP contribution is 2.17. The van der Waals surface area contributed by atoms with Crippen LogP contribution in [0.25, 0.3) is 0 Å². The Morgan fingerprint density at radius 3 is 2.58 bits per heavy atom. The number of nitrogens with zero attached hydrogens (tertiary/aromatic N) is 2. The zero-order valence-corrected chi connectivity index (χ0v) is 19.1. The van der Waals surface area contributed by atoms with Crippen molar-refractivity contribution < 1.29 is 9.53 Å². The molecule has 0 atom stereocenters. The van der Waals surface area contributed by atoms with Crippen molar-refractivity contribution in [3.05, 3.63) is 63.1 Å². The Morgan fingerprint density at radius 2 is 1.87 bits per heavy atom. The molecule has 1 aliphatic rings. The molecule has 3 rings (SSSR count). The summed E-state index contributed by atoms with van der Waals surface area (Å²) in [6, 6.07) is 9.38. The third kappa shape index (κ3) is 5.76. The number of benzene rings is 1. The van der Waals surface area contributed by atoms with Gasteiger partial charge in [-0.2, -0.15) is 0 Å². The highest BCUT2D eigenvalue weighted by atomic mass is 16.5. The van der Waals surface area contributed by atoms with Crippen molar-refractivity contribution in [2.45, 2.75) is 52.5 Å². The van der Waals surface area contributed by atoms with Gasteiger partial charge in [0, 0.05) is 37.1 Å². The Labute approximate surface area is 185 Å². The van der Waals surface area contributed by atoms with E-state index < -0.39 is 0 Å². The number of piperidine rings is 1. The van der Waals surface area contributed by atoms with Crippen LogP contribution in [0.2, 0.25) is 0 Å². The second kappa shape index (κ2) is 11.1. The number of hydrogen-bond donors (Lipinski definition) is 1. The fraction of sp³-hybridized carbons (Fsp3) is 0.520. The second-order valence-corrected chi connectivity index (χ2v) is 8.20. The van der Waals surface area contributed by atoms with E-state index in [0.29, 0.717) is 19.4 Å². The van der Waals surface area contributed by atoms with Gasteiger partial charge in [-0.05, 0) is 57.3 Å². The van der Waals surface area contributed by atoms with Gasteiger partial charge in [0.2, 0.25) is 0 Å². The number of carbonyl (C=O) groups is 1. The Balaban J connectivity index is 1.72. The quantitative estimate of drug-likeness (QED) is 0.670. The van der Waals surface area contributed by atoms with Gasteiger partial charge in [-0.1, -0.05) is 31.5 Å². The average molecular weight is 426 g/mol. The van der Waals surface area contributed by atoms with E-state index in [1.807, 2.05) is 38.1 Å². The van der Waals surface area contributed by atoms with Crippen molar-refractivity contribution in [3.8, 4) is 5.75 Å². The zero-order valence-electron chi connectivity index (χ0n) is 19.1. The minimum absolute atomic E-state index is 0.196. The molecule has 2 heterocycles. The molecular formula is C25H35N3O3. The summed E-state index contributed by atoms with van der Waals surface area (Å²) in [5.74, 6) is 0.518. The number of aryl methyl sites for hydroxylation is 1. The van der Waals surface area contributed by atoms with Crippen molar-refractivity contribution in [2.24, 2.45) is 0 Å². The summed E-state index contributed by atoms with van der Waals surface area (Å²) in [6.07, 6.45) is 5.11. The van der Waals surface area contributed by atoms with Gasteiger partial charge in [0.25, 0.3) is 5.91 Å². The fourth-order valence-corrected chi connectivity index (χ4v) is 4.48. The fourth-order valence-electron chi connectivity index (χ4n) is 4.48. The topological polar surface area (TPSA) is 63.6 Å². The van der Waals surface area contributed by atoms with Crippen LogP contribution in [0.3, 0.4) is 0 Å². The van der Waals surface area contributed by atoms with Gasteiger partial charge in [0.05, 0.1) is 7.11 Å². The van der Waals surface area contributed by atoms with Crippen LogP contribution in [0.5, 0.6) is 5.75 Å². The monoisotopic (exact) mass is 425 g/mol. The molecular weight excluding hydrogens is 390 g/mol. The van der Waals surface area contributed by atoms with E-state index in [-0.39, 0.29) is 16.9 Å². The Bertz CT molecular complexity index is 946. The number of hydrogen-bond acceptors (Lipinski definition) is 4. The molecule has 0 unspecified atom stereocenters. The maximum atomic E-state index is 13.0. The van der Waals surface area contributed by atoms with Crippen molar-refractivity contribution in [3.63, 3.8) is 0 Å². The van der Waals surface area contributed by atoms with Gasteiger partial charge >= 0.3 is 0 Å². The van der Waals surface area contributed by atoms with E-state index in [2.05, 4.69) is 14.8 Å². The Morgan fingerprint density at radius 1 is 1.13 bits per heavy atom. The zero-order chi connectivity index (χ0) is 22.2. The number of aromatic nitrogens is 1. The average Bonchev–Trinajstić information content (AvgIpc) is 2.78. The number of rotatable bonds is 9. The number of nitrogens with one attached hydrogen (secondary N) is 1. The summed E-state index contributed by atoms with van der Waals surface area (Å²) in [5, 5.41) is 2.95. The summed E-state index contributed by atoms with van der Waals surface area (Å²) < 4.78 is 7.54. The lowest BCUT2D eigenvalue weighted by atomic mass is 10.1. The molecule has 168 valence electrons. The van der Waals surface area contributed by atoms with Crippen LogP contribution in [0.4, 0.5) is 0 Å². The minimum Gasteiger partial charge on any atom is -0.496 e. The van der Waals surface area contributed by atoms with Crippen LogP contribution in [0.1, 0.15) is 53.5 Å². The number of likely N-dealkylation sites (tertiary alicyclic amines) is 1. The molecule has 0 bridgehead atoms. The Hall–Kier alpha value is -2.60. The predicted octanol–water partition coefficient (Wildman–Crippen LogP) is 3.19. The highest BCUT2D eigenvalue weighted by molar-refractivity contribution is 5.95. The highest BCUT2D eigenvalue weighted by Gasteiger charge is 2.20. The summed E-state index contributed by atoms with van der Waals surface area (Å²) >= 11 is 0. The van der Waals surface area contributed by atoms with Gasteiger partial charge in [0.15, 0.2) is 5.43 Å². The maximum absolute atomic E-state index is 13.0. The summed E-state index contributed by atoms with van der Waals surface area (Å²) in [4.78, 5) is 28.2. The summed E-state index contributed by atoms with van der Waals surface area (Å²) in [7, 11) is 1.64. The molecule has 6 heteroatoms. The molecule has 6 nitrogen and oxygen atoms in total. The van der Waals surface area contributed by atoms with Gasteiger partial charge < -0.3 is 19.5 Å². The molecule has 0 radical (unpaired) electrons. The van der Waals surface area contributed by atoms with Crippen molar-refractivity contribution in [1.29, 1.82) is 0 Å². The summed E-state index contributed by atoms with van der Waals surface area (Å²) in [5.41, 5.74) is 2.87. The second-order valence-electron chi connectivity index (χ2n) is 8.20. The van der Waals surface area contributed by atoms with Gasteiger partial charge in [0.1, 0.15) is 11.3 Å². The third-order valence-electron chi connectivity index (χ3n) is 6.15. The largest absolute Gasteiger partial charge is 0.496 e. The molecule has 0 aliphatic carbocycles. The normalized spacial score (nSPS) is 14.4. The molecule has 1 saturated heterocycles. The van der Waals surface area contributed by atoms with E-state index >= 15 is 0 Å². The molecule has 2 aromatic rings. The van der Waals surface area contributed by atoms with Crippen LogP contribution in [0.15, 0.2) is 35.1 Å². The van der Waals surface area contributed by atoms with E-state index in [0.717, 1.165) is 48.9 Å². The molecule has 1 fully saturated rings. The van der Waals surface area contributed by atoms with Crippen molar-refractivity contribution in [2.75, 3.05) is 33.3 Å². The van der Waals surface area contributed by atoms with Crippen molar-refractivity contribution >= 4 is 5.91 Å². The number of ether oxygens (including phenoxy) is 1. The first-order chi connectivity index (χ1) is 15.0. The lowest BCUT2D eigenvalue weighted by Gasteiger charge is -2.28. The number of carbonyl (C=O) groups excluding carboxylic acids is 1. The van der Waals surface area contributed by atoms with Crippen LogP contribution in [-0.4, -0.2) is 48.7 Å². The molecule has 1 amide bonds. The van der Waals surface area contributed by atoms with Gasteiger partial charge in [-0.25, -0.2) is 0 Å². The van der Waals surface area contributed by atoms with Gasteiger partial charge in [-0.3, -0.25) is 9.59 Å². The third-order valence-corrected chi connectivity index (χ3v) is 6.15. The molecule has 1 N–H and O–H groups in total. The number of amides is 1. The van der Waals surface area contributed by atoms with Crippen LogP contribution < -0.4 is 15.5 Å². The molecule has 31 heavy (non-hydrogen) atoms. The lowest BCUT2D eigenvalue weighted by molar-refractivity contribution is 0.0950. The minimum atomic E-state index is -0.288. The van der Waals surface area contributed by atoms with E-state index in [9.17, 15) is 9.59 Å². The number of para-hydroxylation sites is 1. The molecule has 1 aromatic carbocycles. The molecule has 1 aromatic heterocycles. The first-order valence-corrected chi connectivity index (χ1v) is 11.4. The van der Waals surface area contributed by atoms with E-state index in [4.69, 9.17) is 4.74 Å². The molecule has 0 spiro atoms. The first-order valence-electron chi connectivity index (χ1n) is 11.4.